The molecule has 0 saturated carbocycles. The summed E-state index contributed by atoms with van der Waals surface area (Å²) in [5.41, 5.74) is 10.5. The van der Waals surface area contributed by atoms with Crippen LogP contribution in [0.5, 0.6) is 5.88 Å². The number of pyridine rings is 1. The third-order valence-corrected chi connectivity index (χ3v) is 6.09. The minimum Gasteiger partial charge on any atom is -0.480 e. The van der Waals surface area contributed by atoms with Crippen LogP contribution in [0.25, 0.3) is 28.2 Å². The second-order valence-electron chi connectivity index (χ2n) is 7.11. The van der Waals surface area contributed by atoms with E-state index in [1.807, 2.05) is 6.92 Å². The van der Waals surface area contributed by atoms with Gasteiger partial charge in [0.25, 0.3) is 0 Å². The maximum atomic E-state index is 12.1. The third-order valence-electron chi connectivity index (χ3n) is 4.98. The van der Waals surface area contributed by atoms with Crippen molar-refractivity contribution in [2.45, 2.75) is 18.4 Å². The molecule has 0 fully saturated rings. The molecule has 9 nitrogen and oxygen atoms in total. The summed E-state index contributed by atoms with van der Waals surface area (Å²) in [4.78, 5) is 13.3. The van der Waals surface area contributed by atoms with Crippen molar-refractivity contribution in [3.8, 4) is 28.4 Å². The number of rotatable bonds is 5. The van der Waals surface area contributed by atoms with Gasteiger partial charge >= 0.3 is 0 Å². The average molecular weight is 439 g/mol. The molecule has 0 atom stereocenters. The molecule has 0 unspecified atom stereocenters. The molecular weight excluding hydrogens is 418 g/mol. The van der Waals surface area contributed by atoms with E-state index in [2.05, 4.69) is 15.0 Å². The van der Waals surface area contributed by atoms with Gasteiger partial charge in [0, 0.05) is 18.0 Å². The van der Waals surface area contributed by atoms with Crippen molar-refractivity contribution in [2.24, 2.45) is 0 Å². The molecule has 0 spiro atoms. The van der Waals surface area contributed by atoms with Crippen LogP contribution in [0.2, 0.25) is 0 Å². The molecule has 3 aromatic heterocycles. The summed E-state index contributed by atoms with van der Waals surface area (Å²) < 4.78 is 31.2. The van der Waals surface area contributed by atoms with E-state index in [0.717, 1.165) is 5.56 Å². The second kappa shape index (κ2) is 7.64. The van der Waals surface area contributed by atoms with E-state index in [0.29, 0.717) is 39.7 Å². The number of sulfone groups is 1. The largest absolute Gasteiger partial charge is 0.480 e. The van der Waals surface area contributed by atoms with Gasteiger partial charge in [0.1, 0.15) is 0 Å². The Labute approximate surface area is 179 Å². The smallest absolute Gasteiger partial charge is 0.223 e. The molecule has 0 aliphatic heterocycles. The Bertz CT molecular complexity index is 1410. The number of nitrogen functional groups attached to an aromatic ring is 1. The standard InChI is InChI=1S/C21H21N5O4S/c1-12-4-6-14(31(3,28)29)8-16(12)18-9-23-20-19(22)25-17(10-26(18)20)15-7-5-13(11-27)24-21(15)30-2/h4-10,27H,11H2,1-3H3,(H2,22,25). The number of ether oxygens (including phenoxy) is 1. The SMILES string of the molecule is COc1nc(CO)ccc1-c1cn2c(-c3cc(S(C)(=O)=O)ccc3C)cnc2c(N)n1. The Balaban J connectivity index is 1.95. The molecule has 10 heteroatoms. The number of aliphatic hydroxyl groups is 1. The van der Waals surface area contributed by atoms with Crippen LogP contribution in [0.1, 0.15) is 11.3 Å². The number of methoxy groups -OCH3 is 1. The number of nitrogens with two attached hydrogens (primary N) is 1. The van der Waals surface area contributed by atoms with E-state index < -0.39 is 9.84 Å². The fourth-order valence-electron chi connectivity index (χ4n) is 3.37. The highest BCUT2D eigenvalue weighted by molar-refractivity contribution is 7.90. The summed E-state index contributed by atoms with van der Waals surface area (Å²) in [5.74, 6) is 0.503. The fourth-order valence-corrected chi connectivity index (χ4v) is 4.01. The number of anilines is 1. The Morgan fingerprint density at radius 3 is 2.61 bits per heavy atom. The van der Waals surface area contributed by atoms with Crippen LogP contribution in [0.15, 0.2) is 47.6 Å². The zero-order valence-corrected chi connectivity index (χ0v) is 18.0. The van der Waals surface area contributed by atoms with Gasteiger partial charge in [-0.05, 0) is 36.8 Å². The fraction of sp³-hybridized carbons (Fsp3) is 0.190. The lowest BCUT2D eigenvalue weighted by Gasteiger charge is -2.12. The number of hydrogen-bond donors (Lipinski definition) is 2. The first-order chi connectivity index (χ1) is 14.7. The number of imidazole rings is 1. The lowest BCUT2D eigenvalue weighted by atomic mass is 10.1. The van der Waals surface area contributed by atoms with E-state index in [1.54, 1.807) is 47.1 Å². The van der Waals surface area contributed by atoms with Gasteiger partial charge in [-0.2, -0.15) is 0 Å². The first-order valence-corrected chi connectivity index (χ1v) is 11.2. The maximum absolute atomic E-state index is 12.1. The van der Waals surface area contributed by atoms with Gasteiger partial charge in [0.05, 0.1) is 47.5 Å². The van der Waals surface area contributed by atoms with Crippen LogP contribution < -0.4 is 10.5 Å². The Morgan fingerprint density at radius 1 is 1.16 bits per heavy atom. The molecule has 4 rings (SSSR count). The lowest BCUT2D eigenvalue weighted by molar-refractivity contribution is 0.274. The van der Waals surface area contributed by atoms with Crippen molar-refractivity contribution in [2.75, 3.05) is 19.1 Å². The molecule has 0 bridgehead atoms. The summed E-state index contributed by atoms with van der Waals surface area (Å²) >= 11 is 0. The number of nitrogens with zero attached hydrogens (tertiary/aromatic N) is 4. The first kappa shape index (κ1) is 20.8. The van der Waals surface area contributed by atoms with E-state index in [-0.39, 0.29) is 17.3 Å². The molecule has 0 aliphatic rings. The van der Waals surface area contributed by atoms with Gasteiger partial charge in [-0.15, -0.1) is 0 Å². The van der Waals surface area contributed by atoms with Gasteiger partial charge in [0.2, 0.25) is 5.88 Å². The van der Waals surface area contributed by atoms with Gasteiger partial charge in [0.15, 0.2) is 21.3 Å². The number of aromatic nitrogens is 4. The van der Waals surface area contributed by atoms with Crippen molar-refractivity contribution in [3.05, 3.63) is 54.0 Å². The highest BCUT2D eigenvalue weighted by Crippen LogP contribution is 2.32. The molecule has 1 aromatic carbocycles. The number of fused-ring (bicyclic) bond motifs is 1. The highest BCUT2D eigenvalue weighted by Gasteiger charge is 2.18. The van der Waals surface area contributed by atoms with Gasteiger partial charge in [-0.25, -0.2) is 23.4 Å². The number of hydrogen-bond acceptors (Lipinski definition) is 8. The Morgan fingerprint density at radius 2 is 1.94 bits per heavy atom. The average Bonchev–Trinajstić information content (AvgIpc) is 3.17. The molecule has 160 valence electrons. The minimum absolute atomic E-state index is 0.203. The van der Waals surface area contributed by atoms with E-state index >= 15 is 0 Å². The molecule has 0 aliphatic carbocycles. The summed E-state index contributed by atoms with van der Waals surface area (Å²) in [5, 5.41) is 9.34. The van der Waals surface area contributed by atoms with Crippen LogP contribution >= 0.6 is 0 Å². The van der Waals surface area contributed by atoms with E-state index in [4.69, 9.17) is 10.5 Å². The third kappa shape index (κ3) is 3.71. The molecular formula is C21H21N5O4S. The van der Waals surface area contributed by atoms with Crippen molar-refractivity contribution in [1.29, 1.82) is 0 Å². The minimum atomic E-state index is -3.37. The van der Waals surface area contributed by atoms with Crippen LogP contribution in [0.3, 0.4) is 0 Å². The lowest BCUT2D eigenvalue weighted by Crippen LogP contribution is -2.03. The summed E-state index contributed by atoms with van der Waals surface area (Å²) in [7, 11) is -1.89. The maximum Gasteiger partial charge on any atom is 0.223 e. The van der Waals surface area contributed by atoms with Crippen molar-refractivity contribution in [1.82, 2.24) is 19.4 Å². The van der Waals surface area contributed by atoms with Crippen LogP contribution in [-0.4, -0.2) is 46.2 Å². The zero-order chi connectivity index (χ0) is 22.3. The molecule has 0 saturated heterocycles. The molecule has 31 heavy (non-hydrogen) atoms. The number of aryl methyl sites for hydroxylation is 1. The number of benzene rings is 1. The molecule has 0 radical (unpaired) electrons. The zero-order valence-electron chi connectivity index (χ0n) is 17.2. The second-order valence-corrected chi connectivity index (χ2v) is 9.13. The molecule has 3 heterocycles. The van der Waals surface area contributed by atoms with Crippen molar-refractivity contribution >= 4 is 21.3 Å². The highest BCUT2D eigenvalue weighted by atomic mass is 32.2. The molecule has 0 amide bonds. The summed E-state index contributed by atoms with van der Waals surface area (Å²) in [6, 6.07) is 8.39. The normalized spacial score (nSPS) is 11.7. The monoisotopic (exact) mass is 439 g/mol. The molecule has 4 aromatic rings. The number of aliphatic hydroxyl groups excluding tert-OH is 1. The Hall–Kier alpha value is -3.50. The van der Waals surface area contributed by atoms with Gasteiger partial charge < -0.3 is 15.6 Å². The predicted octanol–water partition coefficient (Wildman–Crippen LogP) is 2.25. The first-order valence-electron chi connectivity index (χ1n) is 9.32. The van der Waals surface area contributed by atoms with Crippen molar-refractivity contribution in [3.63, 3.8) is 0 Å². The molecule has 3 N–H and O–H groups in total. The van der Waals surface area contributed by atoms with Crippen LogP contribution in [0.4, 0.5) is 5.82 Å². The Kier molecular flexibility index (Phi) is 5.11. The summed E-state index contributed by atoms with van der Waals surface area (Å²) in [6.07, 6.45) is 4.56. The topological polar surface area (TPSA) is 133 Å². The van der Waals surface area contributed by atoms with Gasteiger partial charge in [-0.1, -0.05) is 6.07 Å². The summed E-state index contributed by atoms with van der Waals surface area (Å²) in [6.45, 7) is 1.68. The van der Waals surface area contributed by atoms with E-state index in [9.17, 15) is 13.5 Å². The quantitative estimate of drug-likeness (QED) is 0.484. The van der Waals surface area contributed by atoms with Crippen LogP contribution in [0, 0.1) is 6.92 Å². The van der Waals surface area contributed by atoms with Crippen LogP contribution in [-0.2, 0) is 16.4 Å². The van der Waals surface area contributed by atoms with Crippen molar-refractivity contribution < 1.29 is 18.3 Å². The predicted molar refractivity (Wildman–Crippen MR) is 116 cm³/mol. The van der Waals surface area contributed by atoms with Gasteiger partial charge in [-0.3, -0.25) is 4.40 Å². The van der Waals surface area contributed by atoms with E-state index in [1.165, 1.54) is 13.4 Å².